The molecule has 4 atom stereocenters. The maximum Gasteiger partial charge on any atom is 0.245 e. The Kier molecular flexibility index (Phi) is 7.70. The number of sulfone groups is 1. The highest BCUT2D eigenvalue weighted by Gasteiger charge is 2.72. The number of halogens is 2. The van der Waals surface area contributed by atoms with Gasteiger partial charge in [0.05, 0.1) is 15.4 Å². The molecule has 2 heterocycles. The third-order valence-corrected chi connectivity index (χ3v) is 9.93. The first-order chi connectivity index (χ1) is 19.7. The van der Waals surface area contributed by atoms with Crippen LogP contribution in [0.2, 0.25) is 5.02 Å². The second-order valence-corrected chi connectivity index (χ2v) is 14.1. The molecular weight excluding hydrogens is 585 g/mol. The molecule has 1 N–H and O–H groups in total. The van der Waals surface area contributed by atoms with E-state index in [4.69, 9.17) is 11.6 Å². The Morgan fingerprint density at radius 3 is 2.57 bits per heavy atom. The Hall–Kier alpha value is -3.35. The molecule has 224 valence electrons. The molecule has 0 bridgehead atoms. The zero-order chi connectivity index (χ0) is 30.7. The number of likely N-dealkylation sites (tertiary alicyclic amines) is 1. The van der Waals surface area contributed by atoms with Gasteiger partial charge in [-0.3, -0.25) is 19.1 Å². The minimum absolute atomic E-state index is 0.0335. The van der Waals surface area contributed by atoms with E-state index >= 15 is 0 Å². The minimum atomic E-state index is -3.56. The molecule has 10 nitrogen and oxygen atoms in total. The Balaban J connectivity index is 1.47. The van der Waals surface area contributed by atoms with Gasteiger partial charge in [0.1, 0.15) is 24.1 Å². The first kappa shape index (κ1) is 30.1. The van der Waals surface area contributed by atoms with E-state index in [0.29, 0.717) is 23.9 Å². The van der Waals surface area contributed by atoms with Crippen molar-refractivity contribution in [3.8, 4) is 0 Å². The zero-order valence-corrected chi connectivity index (χ0v) is 25.6. The van der Waals surface area contributed by atoms with Crippen LogP contribution in [0.1, 0.15) is 36.3 Å². The molecule has 0 radical (unpaired) electrons. The number of rotatable bonds is 9. The van der Waals surface area contributed by atoms with Crippen molar-refractivity contribution in [1.29, 1.82) is 0 Å². The molecule has 2 aromatic carbocycles. The van der Waals surface area contributed by atoms with E-state index in [0.717, 1.165) is 6.26 Å². The Bertz CT molecular complexity index is 1720. The number of piperidine rings is 1. The van der Waals surface area contributed by atoms with E-state index < -0.39 is 27.6 Å². The largest absolute Gasteiger partial charge is 0.350 e. The van der Waals surface area contributed by atoms with Gasteiger partial charge in [0.2, 0.25) is 11.8 Å². The van der Waals surface area contributed by atoms with E-state index in [-0.39, 0.29) is 63.3 Å². The summed E-state index contributed by atoms with van der Waals surface area (Å²) in [5.41, 5.74) is 0.396. The Labute approximate surface area is 248 Å². The van der Waals surface area contributed by atoms with Crippen LogP contribution in [0.4, 0.5) is 4.39 Å². The Morgan fingerprint density at radius 1 is 1.21 bits per heavy atom. The van der Waals surface area contributed by atoms with Crippen molar-refractivity contribution in [2.45, 2.75) is 50.3 Å². The topological polar surface area (TPSA) is 122 Å². The first-order valence-corrected chi connectivity index (χ1v) is 15.8. The molecule has 2 unspecified atom stereocenters. The van der Waals surface area contributed by atoms with Gasteiger partial charge in [0, 0.05) is 48.7 Å². The summed E-state index contributed by atoms with van der Waals surface area (Å²) in [5.74, 6) is -1.60. The number of nitrogens with zero attached hydrogens (tertiary/aromatic N) is 4. The number of hydrogen-bond acceptors (Lipinski definition) is 7. The van der Waals surface area contributed by atoms with Crippen molar-refractivity contribution in [2.24, 2.45) is 11.3 Å². The fourth-order valence-corrected chi connectivity index (χ4v) is 7.38. The molecule has 0 spiro atoms. The van der Waals surface area contributed by atoms with Gasteiger partial charge < -0.3 is 15.1 Å². The number of carbonyl (C=O) groups is 3. The summed E-state index contributed by atoms with van der Waals surface area (Å²) in [7, 11) is 0.318. The molecule has 1 aliphatic carbocycles. The lowest BCUT2D eigenvalue weighted by molar-refractivity contribution is -0.140. The lowest BCUT2D eigenvalue weighted by Gasteiger charge is -2.28. The van der Waals surface area contributed by atoms with E-state index in [2.05, 4.69) is 17.3 Å². The van der Waals surface area contributed by atoms with Crippen LogP contribution >= 0.6 is 11.6 Å². The van der Waals surface area contributed by atoms with E-state index in [1.807, 2.05) is 19.0 Å². The molecule has 2 aliphatic rings. The van der Waals surface area contributed by atoms with Crippen molar-refractivity contribution in [1.82, 2.24) is 24.9 Å². The smallest absolute Gasteiger partial charge is 0.245 e. The SMILES string of the molecule is CC(=O)c1nn(CC(=O)N2C3C(C)[C@@]3(CN(C)C)C[C@H]2C(=O)NCc2cccc(Cl)c2F)c2cc(S(C)(=O)=O)ccc12. The predicted octanol–water partition coefficient (Wildman–Crippen LogP) is 2.92. The van der Waals surface area contributed by atoms with E-state index in [1.165, 1.54) is 41.9 Å². The van der Waals surface area contributed by atoms with Crippen LogP contribution in [0.25, 0.3) is 10.9 Å². The number of ketones is 1. The van der Waals surface area contributed by atoms with Gasteiger partial charge >= 0.3 is 0 Å². The van der Waals surface area contributed by atoms with Crippen molar-refractivity contribution < 1.29 is 27.2 Å². The quantitative estimate of drug-likeness (QED) is 0.367. The third kappa shape index (κ3) is 5.20. The summed E-state index contributed by atoms with van der Waals surface area (Å²) in [5, 5.41) is 7.54. The molecule has 2 fully saturated rings. The number of nitrogens with one attached hydrogen (secondary N) is 1. The fraction of sp³-hybridized carbons (Fsp3) is 0.448. The van der Waals surface area contributed by atoms with Gasteiger partial charge in [-0.15, -0.1) is 0 Å². The minimum Gasteiger partial charge on any atom is -0.350 e. The van der Waals surface area contributed by atoms with Crippen LogP contribution in [0.15, 0.2) is 41.3 Å². The number of fused-ring (bicyclic) bond motifs is 2. The van der Waals surface area contributed by atoms with Crippen LogP contribution in [0.5, 0.6) is 0 Å². The average Bonchev–Trinajstić information content (AvgIpc) is 3.19. The van der Waals surface area contributed by atoms with E-state index in [9.17, 15) is 27.2 Å². The standard InChI is InChI=1S/C29H33ClFN5O5S/c1-16-27-29(16,15-34(3)4)12-23(28(39)32-13-18-7-6-8-21(30)25(18)31)36(27)24(38)14-35-22-11-19(42(5,40)41)9-10-20(22)26(33-35)17(2)37/h6-11,16,23,27H,12-15H2,1-5H3,(H,32,39)/t16?,23-,27?,29-/m0/s1. The number of Topliss-reactive ketones (excluding diaryl/α,β-unsaturated/α-hetero) is 1. The Morgan fingerprint density at radius 2 is 1.93 bits per heavy atom. The molecule has 1 saturated carbocycles. The maximum atomic E-state index is 14.5. The second kappa shape index (κ2) is 10.7. The van der Waals surface area contributed by atoms with Crippen LogP contribution < -0.4 is 5.32 Å². The van der Waals surface area contributed by atoms with Crippen LogP contribution in [-0.2, 0) is 32.5 Å². The second-order valence-electron chi connectivity index (χ2n) is 11.7. The van der Waals surface area contributed by atoms with Gasteiger partial charge in [-0.05, 0) is 50.7 Å². The number of aromatic nitrogens is 2. The van der Waals surface area contributed by atoms with Crippen molar-refractivity contribution in [2.75, 3.05) is 26.9 Å². The summed E-state index contributed by atoms with van der Waals surface area (Å²) < 4.78 is 40.3. The highest BCUT2D eigenvalue weighted by Crippen LogP contribution is 2.64. The molecule has 3 aromatic rings. The molecule has 1 saturated heterocycles. The van der Waals surface area contributed by atoms with E-state index in [1.54, 1.807) is 11.0 Å². The monoisotopic (exact) mass is 617 g/mol. The number of benzene rings is 2. The molecule has 1 aliphatic heterocycles. The van der Waals surface area contributed by atoms with Crippen molar-refractivity contribution >= 4 is 49.9 Å². The lowest BCUT2D eigenvalue weighted by Crippen LogP contribution is -2.49. The third-order valence-electron chi connectivity index (χ3n) is 8.52. The molecule has 42 heavy (non-hydrogen) atoms. The van der Waals surface area contributed by atoms with Crippen molar-refractivity contribution in [3.63, 3.8) is 0 Å². The molecule has 13 heteroatoms. The number of hydrogen-bond donors (Lipinski definition) is 1. The van der Waals surface area contributed by atoms with Gasteiger partial charge in [0.25, 0.3) is 0 Å². The van der Waals surface area contributed by atoms with Gasteiger partial charge in [0.15, 0.2) is 15.6 Å². The zero-order valence-electron chi connectivity index (χ0n) is 24.0. The highest BCUT2D eigenvalue weighted by molar-refractivity contribution is 7.90. The van der Waals surface area contributed by atoms with Crippen LogP contribution in [0, 0.1) is 17.2 Å². The van der Waals surface area contributed by atoms with Gasteiger partial charge in [-0.2, -0.15) is 5.10 Å². The number of amides is 2. The summed E-state index contributed by atoms with van der Waals surface area (Å²) >= 11 is 5.90. The molecule has 5 rings (SSSR count). The summed E-state index contributed by atoms with van der Waals surface area (Å²) in [6, 6.07) is 7.88. The predicted molar refractivity (Wildman–Crippen MR) is 155 cm³/mol. The molecule has 2 amide bonds. The highest BCUT2D eigenvalue weighted by atomic mass is 35.5. The average molecular weight is 618 g/mol. The maximum absolute atomic E-state index is 14.5. The first-order valence-electron chi connectivity index (χ1n) is 13.5. The van der Waals surface area contributed by atoms with Crippen molar-refractivity contribution in [3.05, 3.63) is 58.5 Å². The summed E-state index contributed by atoms with van der Waals surface area (Å²) in [4.78, 5) is 43.5. The molecular formula is C29H33ClFN5O5S. The summed E-state index contributed by atoms with van der Waals surface area (Å²) in [6.45, 7) is 3.69. The normalized spacial score (nSPS) is 23.3. The van der Waals surface area contributed by atoms with Gasteiger partial charge in [-0.1, -0.05) is 30.7 Å². The number of carbonyl (C=O) groups excluding carboxylic acids is 3. The fourth-order valence-electron chi connectivity index (χ4n) is 6.55. The summed E-state index contributed by atoms with van der Waals surface area (Å²) in [6.07, 6.45) is 1.51. The van der Waals surface area contributed by atoms with Crippen LogP contribution in [-0.4, -0.2) is 84.6 Å². The van der Waals surface area contributed by atoms with Crippen LogP contribution in [0.3, 0.4) is 0 Å². The lowest BCUT2D eigenvalue weighted by atomic mass is 9.95. The van der Waals surface area contributed by atoms with Gasteiger partial charge in [-0.25, -0.2) is 12.8 Å². The molecule has 1 aromatic heterocycles.